The summed E-state index contributed by atoms with van der Waals surface area (Å²) in [5.74, 6) is 2.10. The first-order valence-electron chi connectivity index (χ1n) is 9.81. The zero-order valence-electron chi connectivity index (χ0n) is 17.3. The maximum absolute atomic E-state index is 12.0. The quantitative estimate of drug-likeness (QED) is 0.593. The number of pyridine rings is 1. The number of hydrogen-bond donors (Lipinski definition) is 1. The van der Waals surface area contributed by atoms with Gasteiger partial charge in [0.05, 0.1) is 13.2 Å². The van der Waals surface area contributed by atoms with Gasteiger partial charge in [-0.05, 0) is 62.2 Å². The molecular weight excluding hydrogens is 380 g/mol. The van der Waals surface area contributed by atoms with Crippen LogP contribution in [0.2, 0.25) is 0 Å². The molecule has 2 aromatic carbocycles. The topological polar surface area (TPSA) is 84.3 Å². The number of hydrogen-bond acceptors (Lipinski definition) is 5. The molecular formula is C24H24N2O4. The van der Waals surface area contributed by atoms with Gasteiger partial charge < -0.3 is 19.2 Å². The molecule has 0 radical (unpaired) electrons. The molecule has 6 heteroatoms. The monoisotopic (exact) mass is 404 g/mol. The fourth-order valence-corrected chi connectivity index (χ4v) is 3.11. The number of benzene rings is 2. The molecule has 0 saturated heterocycles. The van der Waals surface area contributed by atoms with Gasteiger partial charge in [0.15, 0.2) is 11.5 Å². The maximum Gasteiger partial charge on any atom is 0.266 e. The standard InChI is InChI=1S/C24H24N2O4/c1-4-28-22-11-6-17(13-23(22)29-5-2)15-30-19-9-7-18(8-10-19)20-12-16(3)26-24(27)21(20)14-25/h6-13H,4-5,15H2,1-3H3,(H,26,27). The first-order chi connectivity index (χ1) is 14.5. The fraction of sp³-hybridized carbons (Fsp3) is 0.250. The molecule has 1 N–H and O–H groups in total. The summed E-state index contributed by atoms with van der Waals surface area (Å²) in [5.41, 5.74) is 2.78. The van der Waals surface area contributed by atoms with E-state index in [1.807, 2.05) is 62.4 Å². The SMILES string of the molecule is CCOc1ccc(COc2ccc(-c3cc(C)[nH]c(=O)c3C#N)cc2)cc1OCC. The van der Waals surface area contributed by atoms with Gasteiger partial charge in [0, 0.05) is 11.3 Å². The van der Waals surface area contributed by atoms with Gasteiger partial charge in [0.1, 0.15) is 24.0 Å². The van der Waals surface area contributed by atoms with Crippen molar-refractivity contribution in [3.05, 3.63) is 75.7 Å². The van der Waals surface area contributed by atoms with Crippen molar-refractivity contribution in [3.63, 3.8) is 0 Å². The first-order valence-corrected chi connectivity index (χ1v) is 9.81. The van der Waals surface area contributed by atoms with E-state index in [1.165, 1.54) is 0 Å². The Hall–Kier alpha value is -3.72. The van der Waals surface area contributed by atoms with E-state index in [4.69, 9.17) is 14.2 Å². The molecule has 3 rings (SSSR count). The summed E-state index contributed by atoms with van der Waals surface area (Å²) in [5, 5.41) is 9.32. The smallest absolute Gasteiger partial charge is 0.266 e. The average molecular weight is 404 g/mol. The lowest BCUT2D eigenvalue weighted by Crippen LogP contribution is -2.12. The van der Waals surface area contributed by atoms with E-state index in [1.54, 1.807) is 13.0 Å². The molecule has 0 unspecified atom stereocenters. The second kappa shape index (κ2) is 9.66. The van der Waals surface area contributed by atoms with Gasteiger partial charge in [-0.1, -0.05) is 18.2 Å². The van der Waals surface area contributed by atoms with Gasteiger partial charge in [0.2, 0.25) is 0 Å². The summed E-state index contributed by atoms with van der Waals surface area (Å²) in [6.45, 7) is 7.15. The fourth-order valence-electron chi connectivity index (χ4n) is 3.11. The maximum atomic E-state index is 12.0. The Morgan fingerprint density at radius 2 is 1.63 bits per heavy atom. The van der Waals surface area contributed by atoms with Crippen LogP contribution in [0.15, 0.2) is 53.3 Å². The third-order valence-electron chi connectivity index (χ3n) is 4.46. The molecule has 0 bridgehead atoms. The Morgan fingerprint density at radius 1 is 0.933 bits per heavy atom. The number of nitrogens with zero attached hydrogens (tertiary/aromatic N) is 1. The lowest BCUT2D eigenvalue weighted by atomic mass is 10.0. The Balaban J connectivity index is 1.75. The van der Waals surface area contributed by atoms with Crippen molar-refractivity contribution in [2.75, 3.05) is 13.2 Å². The molecule has 0 aliphatic rings. The summed E-state index contributed by atoms with van der Waals surface area (Å²) in [6, 6.07) is 16.9. The van der Waals surface area contributed by atoms with Crippen LogP contribution in [-0.2, 0) is 6.61 Å². The van der Waals surface area contributed by atoms with Crippen molar-refractivity contribution in [2.24, 2.45) is 0 Å². The molecule has 154 valence electrons. The highest BCUT2D eigenvalue weighted by Gasteiger charge is 2.11. The van der Waals surface area contributed by atoms with Crippen LogP contribution in [0.1, 0.15) is 30.7 Å². The van der Waals surface area contributed by atoms with E-state index >= 15 is 0 Å². The Bertz CT molecular complexity index is 1110. The van der Waals surface area contributed by atoms with Gasteiger partial charge >= 0.3 is 0 Å². The molecule has 3 aromatic rings. The Labute approximate surface area is 175 Å². The third-order valence-corrected chi connectivity index (χ3v) is 4.46. The molecule has 6 nitrogen and oxygen atoms in total. The van der Waals surface area contributed by atoms with Crippen molar-refractivity contribution in [2.45, 2.75) is 27.4 Å². The van der Waals surface area contributed by atoms with E-state index in [9.17, 15) is 10.1 Å². The summed E-state index contributed by atoms with van der Waals surface area (Å²) in [4.78, 5) is 14.7. The number of aromatic amines is 1. The molecule has 0 aliphatic carbocycles. The predicted octanol–water partition coefficient (Wildman–Crippen LogP) is 4.60. The van der Waals surface area contributed by atoms with Crippen LogP contribution in [0.5, 0.6) is 17.2 Å². The molecule has 0 spiro atoms. The van der Waals surface area contributed by atoms with Crippen LogP contribution in [0.3, 0.4) is 0 Å². The Kier molecular flexibility index (Phi) is 6.76. The van der Waals surface area contributed by atoms with Gasteiger partial charge in [-0.25, -0.2) is 0 Å². The number of aromatic nitrogens is 1. The van der Waals surface area contributed by atoms with E-state index in [-0.39, 0.29) is 11.1 Å². The zero-order chi connectivity index (χ0) is 21.5. The normalized spacial score (nSPS) is 10.3. The molecule has 0 saturated carbocycles. The van der Waals surface area contributed by atoms with E-state index in [2.05, 4.69) is 4.98 Å². The Morgan fingerprint density at radius 3 is 2.30 bits per heavy atom. The molecule has 0 fully saturated rings. The number of nitrogens with one attached hydrogen (secondary N) is 1. The van der Waals surface area contributed by atoms with Crippen LogP contribution in [0.4, 0.5) is 0 Å². The van der Waals surface area contributed by atoms with E-state index < -0.39 is 0 Å². The molecule has 1 aromatic heterocycles. The highest BCUT2D eigenvalue weighted by atomic mass is 16.5. The highest BCUT2D eigenvalue weighted by molar-refractivity contribution is 5.70. The number of H-pyrrole nitrogens is 1. The minimum Gasteiger partial charge on any atom is -0.490 e. The second-order valence-electron chi connectivity index (χ2n) is 6.64. The molecule has 1 heterocycles. The van der Waals surface area contributed by atoms with Crippen LogP contribution < -0.4 is 19.8 Å². The van der Waals surface area contributed by atoms with Crippen molar-refractivity contribution in [1.82, 2.24) is 4.98 Å². The molecule has 0 atom stereocenters. The number of rotatable bonds is 8. The van der Waals surface area contributed by atoms with Crippen molar-refractivity contribution in [1.29, 1.82) is 5.26 Å². The predicted molar refractivity (Wildman–Crippen MR) is 115 cm³/mol. The number of nitriles is 1. The van der Waals surface area contributed by atoms with Crippen LogP contribution in [-0.4, -0.2) is 18.2 Å². The molecule has 0 amide bonds. The van der Waals surface area contributed by atoms with E-state index in [0.29, 0.717) is 48.3 Å². The summed E-state index contributed by atoms with van der Waals surface area (Å²) in [7, 11) is 0. The van der Waals surface area contributed by atoms with Gasteiger partial charge in [-0.15, -0.1) is 0 Å². The van der Waals surface area contributed by atoms with Crippen LogP contribution in [0, 0.1) is 18.3 Å². The first kappa shape index (κ1) is 21.0. The third kappa shape index (κ3) is 4.81. The van der Waals surface area contributed by atoms with Crippen molar-refractivity contribution >= 4 is 0 Å². The lowest BCUT2D eigenvalue weighted by Gasteiger charge is -2.13. The average Bonchev–Trinajstić information content (AvgIpc) is 2.74. The molecule has 0 aliphatic heterocycles. The highest BCUT2D eigenvalue weighted by Crippen LogP contribution is 2.29. The van der Waals surface area contributed by atoms with E-state index in [0.717, 1.165) is 11.1 Å². The van der Waals surface area contributed by atoms with Crippen LogP contribution >= 0.6 is 0 Å². The van der Waals surface area contributed by atoms with Gasteiger partial charge in [-0.2, -0.15) is 5.26 Å². The lowest BCUT2D eigenvalue weighted by molar-refractivity contribution is 0.283. The van der Waals surface area contributed by atoms with Crippen molar-refractivity contribution < 1.29 is 14.2 Å². The summed E-state index contributed by atoms with van der Waals surface area (Å²) >= 11 is 0. The van der Waals surface area contributed by atoms with Crippen molar-refractivity contribution in [3.8, 4) is 34.4 Å². The zero-order valence-corrected chi connectivity index (χ0v) is 17.3. The minimum atomic E-state index is -0.381. The molecule has 30 heavy (non-hydrogen) atoms. The van der Waals surface area contributed by atoms with Gasteiger partial charge in [-0.3, -0.25) is 4.79 Å². The second-order valence-corrected chi connectivity index (χ2v) is 6.64. The minimum absolute atomic E-state index is 0.104. The number of aryl methyl sites for hydroxylation is 1. The number of ether oxygens (including phenoxy) is 3. The van der Waals surface area contributed by atoms with Gasteiger partial charge in [0.25, 0.3) is 5.56 Å². The summed E-state index contributed by atoms with van der Waals surface area (Å²) < 4.78 is 17.1. The largest absolute Gasteiger partial charge is 0.490 e. The summed E-state index contributed by atoms with van der Waals surface area (Å²) in [6.07, 6.45) is 0. The van der Waals surface area contributed by atoms with Crippen LogP contribution in [0.25, 0.3) is 11.1 Å².